The average molecular weight is 399 g/mol. The second kappa shape index (κ2) is 9.42. The first-order valence-corrected chi connectivity index (χ1v) is 9.62. The summed E-state index contributed by atoms with van der Waals surface area (Å²) in [5.41, 5.74) is 3.24. The van der Waals surface area contributed by atoms with Crippen molar-refractivity contribution in [2.24, 2.45) is 0 Å². The molecule has 0 saturated carbocycles. The largest absolute Gasteiger partial charge is 0.489 e. The molecular formula is C22H23ClN2O3. The number of esters is 1. The number of aromatic nitrogens is 2. The standard InChI is InChI=1S/C22H23ClN2O3/c1-3-27-22(26)21-13-16(2)25(24-21)14-20(23)18-9-11-19(12-10-18)28-15-17-7-5-4-6-8-17/h4-13,20H,3,14-15H2,1-2H3. The lowest BCUT2D eigenvalue weighted by atomic mass is 10.1. The van der Waals surface area contributed by atoms with E-state index in [2.05, 4.69) is 5.10 Å². The third-order valence-corrected chi connectivity index (χ3v) is 4.68. The van der Waals surface area contributed by atoms with E-state index in [1.165, 1.54) is 0 Å². The molecule has 1 aromatic heterocycles. The Morgan fingerprint density at radius 3 is 2.54 bits per heavy atom. The first-order valence-electron chi connectivity index (χ1n) is 9.19. The third-order valence-electron chi connectivity index (χ3n) is 4.29. The summed E-state index contributed by atoms with van der Waals surface area (Å²) in [7, 11) is 0. The van der Waals surface area contributed by atoms with Crippen LogP contribution in [0.2, 0.25) is 0 Å². The molecule has 0 spiro atoms. The summed E-state index contributed by atoms with van der Waals surface area (Å²) in [4.78, 5) is 11.8. The summed E-state index contributed by atoms with van der Waals surface area (Å²) in [6.45, 7) is 4.95. The summed E-state index contributed by atoms with van der Waals surface area (Å²) in [5, 5.41) is 4.03. The van der Waals surface area contributed by atoms with E-state index < -0.39 is 5.97 Å². The molecule has 0 bridgehead atoms. The molecule has 3 aromatic rings. The second-order valence-electron chi connectivity index (χ2n) is 6.38. The average Bonchev–Trinajstić information content (AvgIpc) is 3.08. The van der Waals surface area contributed by atoms with Crippen LogP contribution in [0.15, 0.2) is 60.7 Å². The minimum absolute atomic E-state index is 0.281. The molecule has 6 heteroatoms. The number of rotatable bonds is 8. The Morgan fingerprint density at radius 1 is 1.14 bits per heavy atom. The molecule has 0 radical (unpaired) electrons. The zero-order chi connectivity index (χ0) is 19.9. The molecule has 0 fully saturated rings. The van der Waals surface area contributed by atoms with Crippen molar-refractivity contribution in [3.63, 3.8) is 0 Å². The van der Waals surface area contributed by atoms with Crippen LogP contribution in [0.1, 0.15) is 39.6 Å². The fraction of sp³-hybridized carbons (Fsp3) is 0.273. The number of aryl methyl sites for hydroxylation is 1. The van der Waals surface area contributed by atoms with Crippen LogP contribution in [-0.2, 0) is 17.9 Å². The maximum absolute atomic E-state index is 11.8. The van der Waals surface area contributed by atoms with Crippen LogP contribution in [0.25, 0.3) is 0 Å². The van der Waals surface area contributed by atoms with E-state index in [4.69, 9.17) is 21.1 Å². The minimum atomic E-state index is -0.421. The van der Waals surface area contributed by atoms with Gasteiger partial charge in [-0.2, -0.15) is 5.10 Å². The van der Waals surface area contributed by atoms with Crippen molar-refractivity contribution in [2.75, 3.05) is 6.61 Å². The quantitative estimate of drug-likeness (QED) is 0.399. The molecular weight excluding hydrogens is 376 g/mol. The van der Waals surface area contributed by atoms with Gasteiger partial charge in [0, 0.05) is 5.69 Å². The molecule has 0 amide bonds. The van der Waals surface area contributed by atoms with Gasteiger partial charge in [-0.15, -0.1) is 11.6 Å². The molecule has 0 saturated heterocycles. The van der Waals surface area contributed by atoms with Gasteiger partial charge in [-0.25, -0.2) is 4.79 Å². The Labute approximate surface area is 169 Å². The molecule has 0 aliphatic rings. The highest BCUT2D eigenvalue weighted by Gasteiger charge is 2.16. The van der Waals surface area contributed by atoms with Gasteiger partial charge in [-0.1, -0.05) is 42.5 Å². The number of carbonyl (C=O) groups excluding carboxylic acids is 1. The van der Waals surface area contributed by atoms with Crippen molar-refractivity contribution in [2.45, 2.75) is 32.4 Å². The van der Waals surface area contributed by atoms with Crippen LogP contribution >= 0.6 is 11.6 Å². The molecule has 0 N–H and O–H groups in total. The topological polar surface area (TPSA) is 53.4 Å². The van der Waals surface area contributed by atoms with Crippen molar-refractivity contribution in [1.29, 1.82) is 0 Å². The van der Waals surface area contributed by atoms with Crippen molar-refractivity contribution < 1.29 is 14.3 Å². The number of hydrogen-bond donors (Lipinski definition) is 0. The van der Waals surface area contributed by atoms with Gasteiger partial charge in [0.1, 0.15) is 12.4 Å². The summed E-state index contributed by atoms with van der Waals surface area (Å²) in [6, 6.07) is 19.4. The lowest BCUT2D eigenvalue weighted by molar-refractivity contribution is 0.0518. The van der Waals surface area contributed by atoms with E-state index >= 15 is 0 Å². The van der Waals surface area contributed by atoms with Crippen LogP contribution in [0, 0.1) is 6.92 Å². The highest BCUT2D eigenvalue weighted by molar-refractivity contribution is 6.20. The van der Waals surface area contributed by atoms with E-state index in [0.717, 1.165) is 22.6 Å². The van der Waals surface area contributed by atoms with Crippen LogP contribution in [0.3, 0.4) is 0 Å². The van der Waals surface area contributed by atoms with Crippen LogP contribution in [-0.4, -0.2) is 22.4 Å². The van der Waals surface area contributed by atoms with Crippen LogP contribution in [0.4, 0.5) is 0 Å². The number of alkyl halides is 1. The maximum atomic E-state index is 11.8. The predicted octanol–water partition coefficient (Wildman–Crippen LogP) is 4.93. The summed E-state index contributed by atoms with van der Waals surface area (Å²) in [6.07, 6.45) is 0. The lowest BCUT2D eigenvalue weighted by Gasteiger charge is -2.13. The molecule has 0 aliphatic carbocycles. The van der Waals surface area contributed by atoms with E-state index in [0.29, 0.717) is 25.5 Å². The smallest absolute Gasteiger partial charge is 0.358 e. The Morgan fingerprint density at radius 2 is 1.86 bits per heavy atom. The summed E-state index contributed by atoms with van der Waals surface area (Å²) < 4.78 is 12.5. The Kier molecular flexibility index (Phi) is 6.71. The molecule has 1 atom stereocenters. The SMILES string of the molecule is CCOC(=O)c1cc(C)n(CC(Cl)c2ccc(OCc3ccccc3)cc2)n1. The zero-order valence-electron chi connectivity index (χ0n) is 16.0. The molecule has 0 aliphatic heterocycles. The van der Waals surface area contributed by atoms with E-state index in [9.17, 15) is 4.79 Å². The molecule has 2 aromatic carbocycles. The Balaban J connectivity index is 1.60. The van der Waals surface area contributed by atoms with Gasteiger partial charge < -0.3 is 9.47 Å². The van der Waals surface area contributed by atoms with Gasteiger partial charge in [-0.05, 0) is 43.2 Å². The van der Waals surface area contributed by atoms with Gasteiger partial charge in [0.25, 0.3) is 0 Å². The number of carbonyl (C=O) groups is 1. The number of hydrogen-bond acceptors (Lipinski definition) is 4. The number of benzene rings is 2. The van der Waals surface area contributed by atoms with Crippen LogP contribution in [0.5, 0.6) is 5.75 Å². The first-order chi connectivity index (χ1) is 13.6. The van der Waals surface area contributed by atoms with Gasteiger partial charge in [0.05, 0.1) is 18.5 Å². The van der Waals surface area contributed by atoms with E-state index in [-0.39, 0.29) is 5.38 Å². The highest BCUT2D eigenvalue weighted by atomic mass is 35.5. The highest BCUT2D eigenvalue weighted by Crippen LogP contribution is 2.25. The normalized spacial score (nSPS) is 11.8. The number of halogens is 1. The third kappa shape index (κ3) is 5.14. The predicted molar refractivity (Wildman–Crippen MR) is 109 cm³/mol. The first kappa shape index (κ1) is 20.0. The van der Waals surface area contributed by atoms with Crippen molar-refractivity contribution >= 4 is 17.6 Å². The van der Waals surface area contributed by atoms with E-state index in [1.54, 1.807) is 17.7 Å². The molecule has 28 heavy (non-hydrogen) atoms. The van der Waals surface area contributed by atoms with Gasteiger partial charge in [0.15, 0.2) is 5.69 Å². The van der Waals surface area contributed by atoms with E-state index in [1.807, 2.05) is 61.5 Å². The fourth-order valence-electron chi connectivity index (χ4n) is 2.77. The number of ether oxygens (including phenoxy) is 2. The summed E-state index contributed by atoms with van der Waals surface area (Å²) in [5.74, 6) is 0.367. The van der Waals surface area contributed by atoms with Gasteiger partial charge >= 0.3 is 5.97 Å². The lowest BCUT2D eigenvalue weighted by Crippen LogP contribution is -2.10. The molecule has 1 unspecified atom stereocenters. The molecule has 1 heterocycles. The van der Waals surface area contributed by atoms with Gasteiger partial charge in [0.2, 0.25) is 0 Å². The Hall–Kier alpha value is -2.79. The summed E-state index contributed by atoms with van der Waals surface area (Å²) >= 11 is 6.57. The van der Waals surface area contributed by atoms with Crippen molar-refractivity contribution in [3.05, 3.63) is 83.2 Å². The maximum Gasteiger partial charge on any atom is 0.358 e. The second-order valence-corrected chi connectivity index (χ2v) is 6.91. The molecule has 3 rings (SSSR count). The molecule has 146 valence electrons. The van der Waals surface area contributed by atoms with Crippen molar-refractivity contribution in [3.8, 4) is 5.75 Å². The van der Waals surface area contributed by atoms with Crippen molar-refractivity contribution in [1.82, 2.24) is 9.78 Å². The van der Waals surface area contributed by atoms with Crippen LogP contribution < -0.4 is 4.74 Å². The monoisotopic (exact) mass is 398 g/mol. The number of nitrogens with zero attached hydrogens (tertiary/aromatic N) is 2. The minimum Gasteiger partial charge on any atom is -0.489 e. The van der Waals surface area contributed by atoms with Gasteiger partial charge in [-0.3, -0.25) is 4.68 Å². The fourth-order valence-corrected chi connectivity index (χ4v) is 3.05. The Bertz CT molecular complexity index is 907. The zero-order valence-corrected chi connectivity index (χ0v) is 16.7. The molecule has 5 nitrogen and oxygen atoms in total.